The summed E-state index contributed by atoms with van der Waals surface area (Å²) in [7, 11) is 1.52. The van der Waals surface area contributed by atoms with Crippen LogP contribution in [0, 0.1) is 10.1 Å². The Morgan fingerprint density at radius 2 is 1.77 bits per heavy atom. The van der Waals surface area contributed by atoms with E-state index >= 15 is 0 Å². The number of benzene rings is 2. The lowest BCUT2D eigenvalue weighted by molar-refractivity contribution is -0.385. The monoisotopic (exact) mass is 361 g/mol. The minimum atomic E-state index is -0.673. The minimum absolute atomic E-state index is 0.227. The summed E-state index contributed by atoms with van der Waals surface area (Å²) in [5, 5.41) is 41.0. The quantitative estimate of drug-likeness (QED) is 0.516. The molecule has 2 atom stereocenters. The number of aliphatic hydroxyl groups excluding tert-OH is 2. The molecule has 0 aliphatic heterocycles. The van der Waals surface area contributed by atoms with Crippen LogP contribution in [0.4, 0.5) is 5.69 Å². The Morgan fingerprint density at radius 1 is 1.12 bits per heavy atom. The maximum Gasteiger partial charge on any atom is 0.311 e. The normalized spacial score (nSPS) is 13.3. The van der Waals surface area contributed by atoms with Crippen molar-refractivity contribution < 1.29 is 25.0 Å². The zero-order valence-corrected chi connectivity index (χ0v) is 15.0. The molecule has 2 aromatic rings. The Hall–Kier alpha value is -2.64. The number of aliphatic hydroxyl groups is 2. The van der Waals surface area contributed by atoms with Crippen LogP contribution in [0.1, 0.15) is 25.0 Å². The summed E-state index contributed by atoms with van der Waals surface area (Å²) in [5.74, 6) is 0.154. The fourth-order valence-corrected chi connectivity index (χ4v) is 2.92. The van der Waals surface area contributed by atoms with Gasteiger partial charge in [-0.25, -0.2) is 0 Å². The van der Waals surface area contributed by atoms with Crippen LogP contribution in [0.25, 0.3) is 11.1 Å². The van der Waals surface area contributed by atoms with Gasteiger partial charge in [0.1, 0.15) is 5.75 Å². The molecule has 7 heteroatoms. The zero-order valence-electron chi connectivity index (χ0n) is 15.0. The van der Waals surface area contributed by atoms with Gasteiger partial charge < -0.3 is 20.1 Å². The predicted octanol–water partition coefficient (Wildman–Crippen LogP) is 2.82. The lowest BCUT2D eigenvalue weighted by atomic mass is 9.95. The van der Waals surface area contributed by atoms with E-state index in [1.807, 2.05) is 0 Å². The van der Waals surface area contributed by atoms with Gasteiger partial charge in [-0.2, -0.15) is 0 Å². The van der Waals surface area contributed by atoms with E-state index in [4.69, 9.17) is 4.74 Å². The molecule has 7 nitrogen and oxygen atoms in total. The first-order valence-corrected chi connectivity index (χ1v) is 8.26. The van der Waals surface area contributed by atoms with Gasteiger partial charge in [0.2, 0.25) is 5.75 Å². The van der Waals surface area contributed by atoms with E-state index in [0.717, 1.165) is 5.56 Å². The van der Waals surface area contributed by atoms with E-state index in [1.54, 1.807) is 38.1 Å². The van der Waals surface area contributed by atoms with Gasteiger partial charge in [-0.15, -0.1) is 0 Å². The van der Waals surface area contributed by atoms with Crippen LogP contribution < -0.4 is 4.74 Å². The van der Waals surface area contributed by atoms with Gasteiger partial charge in [-0.1, -0.05) is 6.07 Å². The third-order valence-electron chi connectivity index (χ3n) is 3.98. The van der Waals surface area contributed by atoms with Crippen molar-refractivity contribution in [3.63, 3.8) is 0 Å². The summed E-state index contributed by atoms with van der Waals surface area (Å²) in [5.41, 5.74) is 1.72. The third kappa shape index (κ3) is 4.50. The van der Waals surface area contributed by atoms with Gasteiger partial charge in [-0.05, 0) is 55.2 Å². The highest BCUT2D eigenvalue weighted by molar-refractivity contribution is 5.77. The summed E-state index contributed by atoms with van der Waals surface area (Å²) in [6, 6.07) is 8.01. The maximum absolute atomic E-state index is 11.3. The van der Waals surface area contributed by atoms with E-state index in [0.29, 0.717) is 28.9 Å². The maximum atomic E-state index is 11.3. The Morgan fingerprint density at radius 3 is 2.31 bits per heavy atom. The molecule has 2 unspecified atom stereocenters. The van der Waals surface area contributed by atoms with Crippen molar-refractivity contribution in [2.75, 3.05) is 7.11 Å². The molecule has 3 N–H and O–H groups in total. The van der Waals surface area contributed by atoms with Gasteiger partial charge in [0.05, 0.1) is 24.2 Å². The molecule has 0 aliphatic carbocycles. The first kappa shape index (κ1) is 19.7. The molecule has 0 saturated heterocycles. The first-order valence-electron chi connectivity index (χ1n) is 8.26. The largest absolute Gasteiger partial charge is 0.502 e. The van der Waals surface area contributed by atoms with E-state index in [2.05, 4.69) is 0 Å². The number of rotatable bonds is 7. The van der Waals surface area contributed by atoms with Gasteiger partial charge in [0.25, 0.3) is 0 Å². The molecule has 0 aliphatic rings. The Kier molecular flexibility index (Phi) is 6.18. The van der Waals surface area contributed by atoms with Crippen molar-refractivity contribution in [3.05, 3.63) is 51.6 Å². The second-order valence-corrected chi connectivity index (χ2v) is 6.40. The molecule has 140 valence electrons. The predicted molar refractivity (Wildman–Crippen MR) is 97.5 cm³/mol. The molecule has 0 aromatic heterocycles. The molecule has 0 spiro atoms. The SMILES string of the molecule is COc1ccc(-c2cc(CC(C)O)cc([N+](=O)[O-])c2O)cc1CC(C)O. The third-order valence-corrected chi connectivity index (χ3v) is 3.98. The fraction of sp³-hybridized carbons (Fsp3) is 0.368. The topological polar surface area (TPSA) is 113 Å². The highest BCUT2D eigenvalue weighted by Crippen LogP contribution is 2.40. The lowest BCUT2D eigenvalue weighted by Crippen LogP contribution is -2.06. The summed E-state index contributed by atoms with van der Waals surface area (Å²) in [6.07, 6.45) is -0.699. The first-order chi connectivity index (χ1) is 12.2. The Bertz CT molecular complexity index is 801. The highest BCUT2D eigenvalue weighted by atomic mass is 16.6. The molecule has 0 amide bonds. The van der Waals surface area contributed by atoms with Crippen molar-refractivity contribution in [3.8, 4) is 22.6 Å². The van der Waals surface area contributed by atoms with Crippen LogP contribution in [0.3, 0.4) is 0 Å². The van der Waals surface area contributed by atoms with Gasteiger partial charge >= 0.3 is 5.69 Å². The summed E-state index contributed by atoms with van der Waals surface area (Å²) >= 11 is 0. The summed E-state index contributed by atoms with van der Waals surface area (Å²) in [6.45, 7) is 3.24. The van der Waals surface area contributed by atoms with E-state index in [-0.39, 0.29) is 6.42 Å². The number of methoxy groups -OCH3 is 1. The van der Waals surface area contributed by atoms with Crippen molar-refractivity contribution in [2.24, 2.45) is 0 Å². The summed E-state index contributed by atoms with van der Waals surface area (Å²) < 4.78 is 5.29. The molecule has 2 rings (SSSR count). The number of hydrogen-bond acceptors (Lipinski definition) is 6. The molecule has 0 heterocycles. The molecule has 0 saturated carbocycles. The van der Waals surface area contributed by atoms with Gasteiger partial charge in [0, 0.05) is 18.1 Å². The molecule has 26 heavy (non-hydrogen) atoms. The smallest absolute Gasteiger partial charge is 0.311 e. The van der Waals surface area contributed by atoms with Gasteiger partial charge in [0.15, 0.2) is 0 Å². The van der Waals surface area contributed by atoms with Crippen LogP contribution in [0.5, 0.6) is 11.5 Å². The van der Waals surface area contributed by atoms with Crippen LogP contribution in [0.2, 0.25) is 0 Å². The molecular formula is C19H23NO6. The average Bonchev–Trinajstić information content (AvgIpc) is 2.55. The Balaban J connectivity index is 2.62. The van der Waals surface area contributed by atoms with Crippen LogP contribution >= 0.6 is 0 Å². The van der Waals surface area contributed by atoms with E-state index in [1.165, 1.54) is 13.2 Å². The fourth-order valence-electron chi connectivity index (χ4n) is 2.92. The molecule has 0 radical (unpaired) electrons. The number of nitro benzene ring substituents is 1. The number of nitro groups is 1. The molecular weight excluding hydrogens is 338 g/mol. The second-order valence-electron chi connectivity index (χ2n) is 6.40. The highest BCUT2D eigenvalue weighted by Gasteiger charge is 2.21. The Labute approximate surface area is 151 Å². The number of ether oxygens (including phenoxy) is 1. The molecule has 2 aromatic carbocycles. The number of nitrogens with zero attached hydrogens (tertiary/aromatic N) is 1. The van der Waals surface area contributed by atoms with Crippen molar-refractivity contribution in [2.45, 2.75) is 38.9 Å². The lowest BCUT2D eigenvalue weighted by Gasteiger charge is -2.14. The van der Waals surface area contributed by atoms with Crippen LogP contribution in [-0.2, 0) is 12.8 Å². The van der Waals surface area contributed by atoms with Crippen molar-refractivity contribution in [1.82, 2.24) is 0 Å². The van der Waals surface area contributed by atoms with Crippen LogP contribution in [-0.4, -0.2) is 39.6 Å². The molecule has 0 bridgehead atoms. The standard InChI is InChI=1S/C19H23NO6/c1-11(21)6-13-8-16(19(23)17(9-13)20(24)25)14-4-5-18(26-3)15(10-14)7-12(2)22/h4-5,8-12,21-23H,6-7H2,1-3H3. The van der Waals surface area contributed by atoms with E-state index < -0.39 is 28.6 Å². The minimum Gasteiger partial charge on any atom is -0.502 e. The second kappa shape index (κ2) is 8.16. The number of phenolic OH excluding ortho intramolecular Hbond substituents is 1. The summed E-state index contributed by atoms with van der Waals surface area (Å²) in [4.78, 5) is 10.6. The van der Waals surface area contributed by atoms with Gasteiger partial charge in [-0.3, -0.25) is 10.1 Å². The number of phenols is 1. The average molecular weight is 361 g/mol. The number of aromatic hydroxyl groups is 1. The van der Waals surface area contributed by atoms with Crippen molar-refractivity contribution >= 4 is 5.69 Å². The van der Waals surface area contributed by atoms with E-state index in [9.17, 15) is 25.4 Å². The van der Waals surface area contributed by atoms with Crippen molar-refractivity contribution in [1.29, 1.82) is 0 Å². The van der Waals surface area contributed by atoms with Crippen LogP contribution in [0.15, 0.2) is 30.3 Å². The molecule has 0 fully saturated rings. The number of hydrogen-bond donors (Lipinski definition) is 3. The zero-order chi connectivity index (χ0) is 19.4.